The van der Waals surface area contributed by atoms with Crippen LogP contribution in [0.15, 0.2) is 30.5 Å². The predicted octanol–water partition coefficient (Wildman–Crippen LogP) is 3.04. The number of nitrogens with one attached hydrogen (secondary N) is 2. The summed E-state index contributed by atoms with van der Waals surface area (Å²) in [5.41, 5.74) is 1.02. The maximum absolute atomic E-state index is 13.9. The van der Waals surface area contributed by atoms with Gasteiger partial charge in [0.1, 0.15) is 11.9 Å². The number of hydrogen-bond acceptors (Lipinski definition) is 4. The van der Waals surface area contributed by atoms with Gasteiger partial charge in [-0.1, -0.05) is 11.6 Å². The minimum Gasteiger partial charge on any atom is -0.490 e. The minimum atomic E-state index is -0.449. The molecular formula is C17H12ClFN4O2. The Bertz CT molecular complexity index is 897. The molecule has 2 heterocycles. The molecule has 0 unspecified atom stereocenters. The number of ether oxygens (including phenoxy) is 1. The van der Waals surface area contributed by atoms with Crippen LogP contribution in [0.5, 0.6) is 5.75 Å². The number of rotatable bonds is 2. The third-order valence-electron chi connectivity index (χ3n) is 4.45. The van der Waals surface area contributed by atoms with Crippen LogP contribution in [-0.4, -0.2) is 23.7 Å². The Labute approximate surface area is 147 Å². The maximum atomic E-state index is 13.9. The van der Waals surface area contributed by atoms with Gasteiger partial charge in [-0.25, -0.2) is 14.2 Å². The van der Waals surface area contributed by atoms with Crippen molar-refractivity contribution in [2.24, 2.45) is 5.92 Å². The molecular weight excluding hydrogens is 347 g/mol. The molecule has 1 aromatic carbocycles. The van der Waals surface area contributed by atoms with Crippen molar-refractivity contribution >= 4 is 23.4 Å². The highest BCUT2D eigenvalue weighted by Gasteiger charge is 2.57. The predicted molar refractivity (Wildman–Crippen MR) is 88.0 cm³/mol. The highest BCUT2D eigenvalue weighted by molar-refractivity contribution is 6.31. The molecule has 1 fully saturated rings. The molecule has 6 nitrogen and oxygen atoms in total. The molecule has 1 aromatic heterocycles. The molecule has 8 heteroatoms. The number of halogens is 2. The lowest BCUT2D eigenvalue weighted by Gasteiger charge is -2.17. The van der Waals surface area contributed by atoms with E-state index in [1.165, 1.54) is 18.3 Å². The number of aromatic nitrogens is 1. The fraction of sp³-hybridized carbons (Fsp3) is 0.235. The number of carbonyl (C=O) groups is 1. The first-order chi connectivity index (χ1) is 12.1. The highest BCUT2D eigenvalue weighted by Crippen LogP contribution is 2.56. The van der Waals surface area contributed by atoms with E-state index in [-0.39, 0.29) is 23.6 Å². The largest absolute Gasteiger partial charge is 0.490 e. The van der Waals surface area contributed by atoms with Gasteiger partial charge >= 0.3 is 6.03 Å². The lowest BCUT2D eigenvalue weighted by Crippen LogP contribution is -2.32. The van der Waals surface area contributed by atoms with E-state index in [1.54, 1.807) is 12.1 Å². The zero-order valence-corrected chi connectivity index (χ0v) is 13.5. The van der Waals surface area contributed by atoms with Gasteiger partial charge in [0, 0.05) is 34.7 Å². The van der Waals surface area contributed by atoms with Crippen molar-refractivity contribution in [3.8, 4) is 11.8 Å². The first-order valence-electron chi connectivity index (χ1n) is 7.63. The Morgan fingerprint density at radius 2 is 2.24 bits per heavy atom. The molecule has 2 N–H and O–H groups in total. The summed E-state index contributed by atoms with van der Waals surface area (Å²) >= 11 is 6.18. The van der Waals surface area contributed by atoms with Crippen molar-refractivity contribution in [2.45, 2.75) is 12.0 Å². The molecule has 0 saturated heterocycles. The van der Waals surface area contributed by atoms with Gasteiger partial charge in [-0.2, -0.15) is 5.26 Å². The molecule has 0 radical (unpaired) electrons. The molecule has 3 atom stereocenters. The number of urea groups is 1. The molecule has 25 heavy (non-hydrogen) atoms. The van der Waals surface area contributed by atoms with E-state index >= 15 is 0 Å². The molecule has 2 aromatic rings. The van der Waals surface area contributed by atoms with Crippen molar-refractivity contribution in [3.05, 3.63) is 52.4 Å². The zero-order chi connectivity index (χ0) is 17.6. The minimum absolute atomic E-state index is 0.0616. The van der Waals surface area contributed by atoms with E-state index in [1.807, 2.05) is 6.07 Å². The molecule has 1 saturated carbocycles. The number of carbonyl (C=O) groups excluding carboxylic acids is 1. The van der Waals surface area contributed by atoms with Crippen LogP contribution < -0.4 is 15.4 Å². The number of anilines is 1. The number of nitriles is 1. The second-order valence-corrected chi connectivity index (χ2v) is 6.35. The lowest BCUT2D eigenvalue weighted by molar-refractivity contribution is 0.248. The standard InChI is InChI=1S/C17H12ClFN4O2/c18-10-2-3-11(19)16-14(10)13-9(7-25-16)15(13)23-17(24)22-12-4-1-8(5-20)6-21-12/h1-4,6,9,13,15H,7H2,(H2,21,22,23,24)/t9-,13-,15-/m1/s1. The van der Waals surface area contributed by atoms with Crippen LogP contribution in [0.3, 0.4) is 0 Å². The summed E-state index contributed by atoms with van der Waals surface area (Å²) in [6.45, 7) is 0.328. The molecule has 1 aliphatic heterocycles. The van der Waals surface area contributed by atoms with Crippen LogP contribution in [0.25, 0.3) is 0 Å². The van der Waals surface area contributed by atoms with E-state index in [0.717, 1.165) is 0 Å². The van der Waals surface area contributed by atoms with Gasteiger partial charge in [-0.05, 0) is 24.3 Å². The second kappa shape index (κ2) is 5.90. The third-order valence-corrected chi connectivity index (χ3v) is 4.78. The van der Waals surface area contributed by atoms with Crippen LogP contribution in [0.1, 0.15) is 17.0 Å². The number of amides is 2. The van der Waals surface area contributed by atoms with Crippen molar-refractivity contribution < 1.29 is 13.9 Å². The summed E-state index contributed by atoms with van der Waals surface area (Å²) in [6, 6.07) is 7.23. The number of pyridine rings is 1. The van der Waals surface area contributed by atoms with Crippen molar-refractivity contribution in [1.82, 2.24) is 10.3 Å². The first kappa shape index (κ1) is 15.7. The topological polar surface area (TPSA) is 87.0 Å². The van der Waals surface area contributed by atoms with Crippen LogP contribution in [0, 0.1) is 23.1 Å². The van der Waals surface area contributed by atoms with E-state index in [9.17, 15) is 9.18 Å². The monoisotopic (exact) mass is 358 g/mol. The number of nitrogens with zero attached hydrogens (tertiary/aromatic N) is 2. The lowest BCUT2D eigenvalue weighted by atomic mass is 10.1. The average molecular weight is 359 g/mol. The summed E-state index contributed by atoms with van der Waals surface area (Å²) in [5.74, 6) is 0.0564. The second-order valence-electron chi connectivity index (χ2n) is 5.94. The molecule has 0 bridgehead atoms. The Morgan fingerprint density at radius 1 is 1.40 bits per heavy atom. The fourth-order valence-corrected chi connectivity index (χ4v) is 3.47. The van der Waals surface area contributed by atoms with Crippen LogP contribution in [0.2, 0.25) is 5.02 Å². The summed E-state index contributed by atoms with van der Waals surface area (Å²) in [6.07, 6.45) is 1.37. The summed E-state index contributed by atoms with van der Waals surface area (Å²) < 4.78 is 19.3. The van der Waals surface area contributed by atoms with E-state index < -0.39 is 11.8 Å². The molecule has 4 rings (SSSR count). The van der Waals surface area contributed by atoms with Gasteiger partial charge in [0.2, 0.25) is 0 Å². The summed E-state index contributed by atoms with van der Waals surface area (Å²) in [7, 11) is 0. The van der Waals surface area contributed by atoms with Crippen LogP contribution in [-0.2, 0) is 0 Å². The quantitative estimate of drug-likeness (QED) is 0.863. The maximum Gasteiger partial charge on any atom is 0.320 e. The molecule has 0 spiro atoms. The van der Waals surface area contributed by atoms with Gasteiger partial charge in [-0.3, -0.25) is 5.32 Å². The molecule has 1 aliphatic carbocycles. The number of hydrogen-bond donors (Lipinski definition) is 2. The van der Waals surface area contributed by atoms with E-state index in [4.69, 9.17) is 21.6 Å². The van der Waals surface area contributed by atoms with Crippen molar-refractivity contribution in [3.63, 3.8) is 0 Å². The summed E-state index contributed by atoms with van der Waals surface area (Å²) in [4.78, 5) is 16.1. The van der Waals surface area contributed by atoms with Crippen molar-refractivity contribution in [1.29, 1.82) is 5.26 Å². The zero-order valence-electron chi connectivity index (χ0n) is 12.8. The van der Waals surface area contributed by atoms with Gasteiger partial charge in [-0.15, -0.1) is 0 Å². The van der Waals surface area contributed by atoms with Crippen LogP contribution in [0.4, 0.5) is 15.0 Å². The van der Waals surface area contributed by atoms with E-state index in [0.29, 0.717) is 28.6 Å². The average Bonchev–Trinajstić information content (AvgIpc) is 3.31. The highest BCUT2D eigenvalue weighted by atomic mass is 35.5. The summed E-state index contributed by atoms with van der Waals surface area (Å²) in [5, 5.41) is 14.6. The number of fused-ring (bicyclic) bond motifs is 3. The van der Waals surface area contributed by atoms with Crippen molar-refractivity contribution in [2.75, 3.05) is 11.9 Å². The van der Waals surface area contributed by atoms with Gasteiger partial charge in [0.25, 0.3) is 0 Å². The SMILES string of the molecule is N#Cc1ccc(NC(=O)N[C@@H]2[C@@H]3COc4c(F)ccc(Cl)c4[C@@H]32)nc1. The van der Waals surface area contributed by atoms with Crippen LogP contribution >= 0.6 is 11.6 Å². The van der Waals surface area contributed by atoms with E-state index in [2.05, 4.69) is 15.6 Å². The Hall–Kier alpha value is -2.85. The van der Waals surface area contributed by atoms with Gasteiger partial charge < -0.3 is 10.1 Å². The smallest absolute Gasteiger partial charge is 0.320 e. The fourth-order valence-electron chi connectivity index (χ4n) is 3.20. The van der Waals surface area contributed by atoms with Gasteiger partial charge in [0.05, 0.1) is 12.2 Å². The molecule has 2 aliphatic rings. The Balaban J connectivity index is 1.45. The Kier molecular flexibility index (Phi) is 3.70. The third kappa shape index (κ3) is 2.75. The normalized spacial score (nSPS) is 22.7. The molecule has 126 valence electrons. The molecule has 2 amide bonds. The number of benzene rings is 1. The van der Waals surface area contributed by atoms with Gasteiger partial charge in [0.15, 0.2) is 11.6 Å². The Morgan fingerprint density at radius 3 is 2.96 bits per heavy atom. The first-order valence-corrected chi connectivity index (χ1v) is 8.00.